The summed E-state index contributed by atoms with van der Waals surface area (Å²) in [6, 6.07) is -0.433. The summed E-state index contributed by atoms with van der Waals surface area (Å²) in [5.74, 6) is -0.133. The number of nitrogens with one attached hydrogen (secondary N) is 2. The molecule has 1 atom stereocenters. The lowest BCUT2D eigenvalue weighted by Crippen LogP contribution is -2.64. The van der Waals surface area contributed by atoms with Crippen molar-refractivity contribution < 1.29 is 9.59 Å². The second-order valence-electron chi connectivity index (χ2n) is 7.56. The van der Waals surface area contributed by atoms with Crippen LogP contribution >= 0.6 is 0 Å². The van der Waals surface area contributed by atoms with E-state index in [4.69, 9.17) is 5.73 Å². The maximum Gasteiger partial charge on any atom is 0.320 e. The third-order valence-electron chi connectivity index (χ3n) is 5.01. The smallest absolute Gasteiger partial charge is 0.315 e. The van der Waals surface area contributed by atoms with Crippen LogP contribution in [0.2, 0.25) is 0 Å². The molecule has 0 aromatic rings. The Morgan fingerprint density at radius 1 is 0.963 bits per heavy atom. The summed E-state index contributed by atoms with van der Waals surface area (Å²) < 4.78 is 0. The molecule has 0 spiro atoms. The van der Waals surface area contributed by atoms with Crippen molar-refractivity contribution in [3.63, 3.8) is 0 Å². The van der Waals surface area contributed by atoms with E-state index in [1.54, 1.807) is 0 Å². The second-order valence-corrected chi connectivity index (χ2v) is 7.56. The van der Waals surface area contributed by atoms with Crippen molar-refractivity contribution in [3.05, 3.63) is 24.4 Å². The average Bonchev–Trinajstić information content (AvgIpc) is 2.64. The maximum atomic E-state index is 12.2. The zero-order valence-corrected chi connectivity index (χ0v) is 17.1. The fraction of sp³-hybridized carbons (Fsp3) is 0.727. The molecule has 1 aliphatic rings. The van der Waals surface area contributed by atoms with Crippen molar-refractivity contribution in [1.29, 1.82) is 0 Å². The Balaban J connectivity index is 1.92. The SMILES string of the molecule is CCCCCCCCC=CCCCCCCCC(=O)C1(N)C=CNC(=O)N1. The first-order chi connectivity index (χ1) is 13.1. The van der Waals surface area contributed by atoms with Gasteiger partial charge in [0, 0.05) is 12.6 Å². The zero-order valence-electron chi connectivity index (χ0n) is 17.1. The third-order valence-corrected chi connectivity index (χ3v) is 5.01. The molecule has 2 amide bonds. The second kappa shape index (κ2) is 14.4. The van der Waals surface area contributed by atoms with Crippen LogP contribution in [0, 0.1) is 0 Å². The van der Waals surface area contributed by atoms with Crippen LogP contribution in [0.1, 0.15) is 96.8 Å². The molecule has 1 aliphatic heterocycles. The summed E-state index contributed by atoms with van der Waals surface area (Å²) >= 11 is 0. The van der Waals surface area contributed by atoms with Gasteiger partial charge in [-0.15, -0.1) is 0 Å². The highest BCUT2D eigenvalue weighted by molar-refractivity contribution is 5.95. The van der Waals surface area contributed by atoms with Gasteiger partial charge >= 0.3 is 6.03 Å². The van der Waals surface area contributed by atoms with Gasteiger partial charge in [0.25, 0.3) is 0 Å². The van der Waals surface area contributed by atoms with Crippen molar-refractivity contribution >= 4 is 11.8 Å². The number of Topliss-reactive ketones (excluding diaryl/α,β-unsaturated/α-hetero) is 1. The van der Waals surface area contributed by atoms with Crippen molar-refractivity contribution in [1.82, 2.24) is 10.6 Å². The molecule has 0 aromatic carbocycles. The van der Waals surface area contributed by atoms with E-state index in [1.807, 2.05) is 0 Å². The summed E-state index contributed by atoms with van der Waals surface area (Å²) in [6.45, 7) is 2.26. The van der Waals surface area contributed by atoms with E-state index in [1.165, 1.54) is 70.1 Å². The first-order valence-corrected chi connectivity index (χ1v) is 10.8. The van der Waals surface area contributed by atoms with E-state index in [0.29, 0.717) is 6.42 Å². The molecule has 5 heteroatoms. The lowest BCUT2D eigenvalue weighted by Gasteiger charge is -2.28. The van der Waals surface area contributed by atoms with E-state index in [2.05, 4.69) is 29.7 Å². The van der Waals surface area contributed by atoms with Gasteiger partial charge in [-0.05, 0) is 38.2 Å². The number of unbranched alkanes of at least 4 members (excludes halogenated alkanes) is 11. The van der Waals surface area contributed by atoms with E-state index in [9.17, 15) is 9.59 Å². The van der Waals surface area contributed by atoms with E-state index >= 15 is 0 Å². The molecule has 27 heavy (non-hydrogen) atoms. The molecule has 1 rings (SSSR count). The number of urea groups is 1. The van der Waals surface area contributed by atoms with Gasteiger partial charge in [-0.2, -0.15) is 0 Å². The number of rotatable bonds is 16. The van der Waals surface area contributed by atoms with Crippen LogP contribution in [0.5, 0.6) is 0 Å². The summed E-state index contributed by atoms with van der Waals surface area (Å²) in [7, 11) is 0. The molecule has 1 heterocycles. The number of hydrogen-bond acceptors (Lipinski definition) is 3. The Kier molecular flexibility index (Phi) is 12.5. The van der Waals surface area contributed by atoms with Crippen molar-refractivity contribution in [2.75, 3.05) is 0 Å². The molecule has 0 bridgehead atoms. The summed E-state index contributed by atoms with van der Waals surface area (Å²) in [5, 5.41) is 4.92. The average molecular weight is 378 g/mol. The van der Waals surface area contributed by atoms with Gasteiger partial charge in [0.2, 0.25) is 0 Å². The van der Waals surface area contributed by atoms with Crippen LogP contribution in [0.25, 0.3) is 0 Å². The Hall–Kier alpha value is -1.62. The monoisotopic (exact) mass is 377 g/mol. The minimum Gasteiger partial charge on any atom is -0.315 e. The van der Waals surface area contributed by atoms with Gasteiger partial charge in [0.15, 0.2) is 11.4 Å². The fourth-order valence-electron chi connectivity index (χ4n) is 3.24. The summed E-state index contributed by atoms with van der Waals surface area (Å²) in [4.78, 5) is 23.5. The largest absolute Gasteiger partial charge is 0.320 e. The molecule has 0 aromatic heterocycles. The van der Waals surface area contributed by atoms with Gasteiger partial charge in [0.1, 0.15) is 0 Å². The molecule has 4 N–H and O–H groups in total. The third kappa shape index (κ3) is 11.0. The summed E-state index contributed by atoms with van der Waals surface area (Å²) in [6.07, 6.45) is 23.9. The molecule has 0 saturated heterocycles. The predicted octanol–water partition coefficient (Wildman–Crippen LogP) is 5.07. The molecule has 0 saturated carbocycles. The fourth-order valence-corrected chi connectivity index (χ4v) is 3.24. The van der Waals surface area contributed by atoms with E-state index in [-0.39, 0.29) is 5.78 Å². The zero-order chi connectivity index (χ0) is 19.8. The number of ketones is 1. The van der Waals surface area contributed by atoms with Gasteiger partial charge < -0.3 is 10.6 Å². The van der Waals surface area contributed by atoms with Crippen LogP contribution in [0.15, 0.2) is 24.4 Å². The van der Waals surface area contributed by atoms with Gasteiger partial charge in [-0.1, -0.05) is 70.4 Å². The summed E-state index contributed by atoms with van der Waals surface area (Å²) in [5.41, 5.74) is 4.59. The van der Waals surface area contributed by atoms with Crippen LogP contribution < -0.4 is 16.4 Å². The molecule has 0 radical (unpaired) electrons. The standard InChI is InChI=1S/C22H39N3O2/c1-2-3-4-5-6-7-8-9-10-11-12-13-14-15-16-17-20(26)22(23)18-19-24-21(27)25-22/h9-10,18-19H,2-8,11-17,23H2,1H3,(H2,24,25,27). The molecular formula is C22H39N3O2. The normalized spacial score (nSPS) is 19.3. The van der Waals surface area contributed by atoms with Gasteiger partial charge in [-0.25, -0.2) is 4.79 Å². The molecular weight excluding hydrogens is 338 g/mol. The highest BCUT2D eigenvalue weighted by Crippen LogP contribution is 2.13. The number of carbonyl (C=O) groups is 2. The number of nitrogens with two attached hydrogens (primary N) is 1. The number of hydrogen-bond donors (Lipinski definition) is 3. The Labute approximate surface area is 165 Å². The van der Waals surface area contributed by atoms with E-state index in [0.717, 1.165) is 25.7 Å². The van der Waals surface area contributed by atoms with E-state index < -0.39 is 11.7 Å². The lowest BCUT2D eigenvalue weighted by atomic mass is 9.98. The van der Waals surface area contributed by atoms with Crippen LogP contribution in [0.4, 0.5) is 4.79 Å². The molecule has 0 aliphatic carbocycles. The Morgan fingerprint density at radius 2 is 1.52 bits per heavy atom. The van der Waals surface area contributed by atoms with Crippen molar-refractivity contribution in [2.24, 2.45) is 5.73 Å². The quantitative estimate of drug-likeness (QED) is 0.259. The maximum absolute atomic E-state index is 12.2. The molecule has 1 unspecified atom stereocenters. The Bertz CT molecular complexity index is 488. The van der Waals surface area contributed by atoms with Crippen LogP contribution in [0.3, 0.4) is 0 Å². The van der Waals surface area contributed by atoms with Gasteiger partial charge in [-0.3, -0.25) is 10.5 Å². The molecule has 0 fully saturated rings. The highest BCUT2D eigenvalue weighted by atomic mass is 16.2. The minimum atomic E-state index is -1.34. The topological polar surface area (TPSA) is 84.2 Å². The number of allylic oxidation sites excluding steroid dienone is 2. The number of amides is 2. The first kappa shape index (κ1) is 23.4. The van der Waals surface area contributed by atoms with Gasteiger partial charge in [0.05, 0.1) is 0 Å². The van der Waals surface area contributed by atoms with Crippen molar-refractivity contribution in [2.45, 2.75) is 102 Å². The Morgan fingerprint density at radius 3 is 2.11 bits per heavy atom. The van der Waals surface area contributed by atoms with Crippen LogP contribution in [-0.4, -0.2) is 17.5 Å². The lowest BCUT2D eigenvalue weighted by molar-refractivity contribution is -0.123. The predicted molar refractivity (Wildman–Crippen MR) is 112 cm³/mol. The molecule has 5 nitrogen and oxygen atoms in total. The molecule has 154 valence electrons. The van der Waals surface area contributed by atoms with Crippen molar-refractivity contribution in [3.8, 4) is 0 Å². The van der Waals surface area contributed by atoms with Crippen LogP contribution in [-0.2, 0) is 4.79 Å². The first-order valence-electron chi connectivity index (χ1n) is 10.8. The minimum absolute atomic E-state index is 0.133. The number of carbonyl (C=O) groups excluding carboxylic acids is 2. The highest BCUT2D eigenvalue weighted by Gasteiger charge is 2.34.